The Hall–Kier alpha value is -2.00. The van der Waals surface area contributed by atoms with E-state index in [1.54, 1.807) is 13.2 Å². The Labute approximate surface area is 125 Å². The lowest BCUT2D eigenvalue weighted by molar-refractivity contribution is 0.414. The first-order valence-electron chi connectivity index (χ1n) is 7.40. The maximum absolute atomic E-state index is 9.92. The van der Waals surface area contributed by atoms with E-state index in [0.29, 0.717) is 11.8 Å². The maximum Gasteiger partial charge on any atom is 0.119 e. The Balaban J connectivity index is 1.74. The van der Waals surface area contributed by atoms with E-state index in [9.17, 15) is 5.11 Å². The van der Waals surface area contributed by atoms with Gasteiger partial charge < -0.3 is 15.2 Å². The van der Waals surface area contributed by atoms with E-state index >= 15 is 0 Å². The summed E-state index contributed by atoms with van der Waals surface area (Å²) in [5.74, 6) is 1.30. The van der Waals surface area contributed by atoms with Crippen LogP contribution in [0.1, 0.15) is 42.1 Å². The van der Waals surface area contributed by atoms with Gasteiger partial charge >= 0.3 is 0 Å². The number of fused-ring (bicyclic) bond motifs is 1. The highest BCUT2D eigenvalue weighted by Crippen LogP contribution is 2.37. The van der Waals surface area contributed by atoms with Crippen molar-refractivity contribution in [2.75, 3.05) is 7.11 Å². The van der Waals surface area contributed by atoms with Crippen LogP contribution >= 0.6 is 0 Å². The quantitative estimate of drug-likeness (QED) is 0.898. The first-order chi connectivity index (χ1) is 10.2. The summed E-state index contributed by atoms with van der Waals surface area (Å²) in [6.45, 7) is 2.17. The second-order valence-corrected chi connectivity index (χ2v) is 5.60. The van der Waals surface area contributed by atoms with Gasteiger partial charge in [-0.3, -0.25) is 0 Å². The van der Waals surface area contributed by atoms with E-state index in [-0.39, 0.29) is 6.04 Å². The molecule has 0 spiro atoms. The van der Waals surface area contributed by atoms with Crippen LogP contribution < -0.4 is 10.1 Å². The topological polar surface area (TPSA) is 41.5 Å². The minimum Gasteiger partial charge on any atom is -0.508 e. The number of ether oxygens (including phenoxy) is 1. The minimum atomic E-state index is 0.259. The van der Waals surface area contributed by atoms with Gasteiger partial charge in [0, 0.05) is 12.1 Å². The molecule has 2 aromatic carbocycles. The smallest absolute Gasteiger partial charge is 0.119 e. The molecule has 3 nitrogen and oxygen atoms in total. The standard InChI is InChI=1S/C18H21NO2/c1-12(13-6-8-14(21-2)9-7-13)19-17-11-10-16-15(17)4-3-5-18(16)20/h3-9,12,17,19-20H,10-11H2,1-2H3/t12-,17?/m0/s1. The van der Waals surface area contributed by atoms with Gasteiger partial charge in [-0.2, -0.15) is 0 Å². The van der Waals surface area contributed by atoms with Crippen LogP contribution in [0.15, 0.2) is 42.5 Å². The van der Waals surface area contributed by atoms with E-state index in [0.717, 1.165) is 24.2 Å². The van der Waals surface area contributed by atoms with Crippen molar-refractivity contribution >= 4 is 0 Å². The fourth-order valence-electron chi connectivity index (χ4n) is 3.10. The average Bonchev–Trinajstić information content (AvgIpc) is 2.92. The molecule has 2 aromatic rings. The van der Waals surface area contributed by atoms with Gasteiger partial charge in [-0.1, -0.05) is 24.3 Å². The fraction of sp³-hybridized carbons (Fsp3) is 0.333. The SMILES string of the molecule is COc1ccc([C@H](C)NC2CCc3c(O)cccc32)cc1. The number of phenols is 1. The van der Waals surface area contributed by atoms with Crippen LogP contribution in [0, 0.1) is 0 Å². The average molecular weight is 283 g/mol. The van der Waals surface area contributed by atoms with Gasteiger partial charge in [0.05, 0.1) is 7.11 Å². The Morgan fingerprint density at radius 1 is 1.19 bits per heavy atom. The predicted octanol–water partition coefficient (Wildman–Crippen LogP) is 3.74. The van der Waals surface area contributed by atoms with Crippen molar-refractivity contribution in [3.63, 3.8) is 0 Å². The molecule has 0 saturated carbocycles. The van der Waals surface area contributed by atoms with Gasteiger partial charge in [-0.05, 0) is 54.7 Å². The number of hydrogen-bond donors (Lipinski definition) is 2. The van der Waals surface area contributed by atoms with Crippen LogP contribution in [0.5, 0.6) is 11.5 Å². The van der Waals surface area contributed by atoms with Crippen molar-refractivity contribution in [3.8, 4) is 11.5 Å². The van der Waals surface area contributed by atoms with Gasteiger partial charge in [0.2, 0.25) is 0 Å². The van der Waals surface area contributed by atoms with Crippen LogP contribution in [-0.2, 0) is 6.42 Å². The zero-order valence-electron chi connectivity index (χ0n) is 12.5. The number of benzene rings is 2. The normalized spacial score (nSPS) is 18.3. The molecule has 0 saturated heterocycles. The summed E-state index contributed by atoms with van der Waals surface area (Å²) < 4.78 is 5.19. The fourth-order valence-corrected chi connectivity index (χ4v) is 3.10. The predicted molar refractivity (Wildman–Crippen MR) is 83.7 cm³/mol. The summed E-state index contributed by atoms with van der Waals surface area (Å²) >= 11 is 0. The molecule has 0 fully saturated rings. The molecule has 0 radical (unpaired) electrons. The molecule has 0 amide bonds. The number of rotatable bonds is 4. The van der Waals surface area contributed by atoms with Crippen LogP contribution in [-0.4, -0.2) is 12.2 Å². The van der Waals surface area contributed by atoms with E-state index in [1.165, 1.54) is 11.1 Å². The van der Waals surface area contributed by atoms with Gasteiger partial charge in [0.1, 0.15) is 11.5 Å². The summed E-state index contributed by atoms with van der Waals surface area (Å²) in [7, 11) is 1.68. The van der Waals surface area contributed by atoms with Gasteiger partial charge in [0.15, 0.2) is 0 Å². The van der Waals surface area contributed by atoms with Crippen molar-refractivity contribution in [3.05, 3.63) is 59.2 Å². The van der Waals surface area contributed by atoms with Crippen molar-refractivity contribution in [1.29, 1.82) is 0 Å². The monoisotopic (exact) mass is 283 g/mol. The molecular formula is C18H21NO2. The Bertz CT molecular complexity index is 622. The maximum atomic E-state index is 9.92. The van der Waals surface area contributed by atoms with Crippen molar-refractivity contribution in [1.82, 2.24) is 5.32 Å². The molecule has 1 unspecified atom stereocenters. The third-order valence-electron chi connectivity index (χ3n) is 4.31. The number of phenolic OH excluding ortho intramolecular Hbond substituents is 1. The summed E-state index contributed by atoms with van der Waals surface area (Å²) in [4.78, 5) is 0. The molecule has 0 aromatic heterocycles. The third kappa shape index (κ3) is 2.74. The van der Waals surface area contributed by atoms with Crippen molar-refractivity contribution in [2.24, 2.45) is 0 Å². The first kappa shape index (κ1) is 14.0. The third-order valence-corrected chi connectivity index (χ3v) is 4.31. The Morgan fingerprint density at radius 2 is 1.95 bits per heavy atom. The highest BCUT2D eigenvalue weighted by Gasteiger charge is 2.25. The van der Waals surface area contributed by atoms with E-state index in [2.05, 4.69) is 30.4 Å². The van der Waals surface area contributed by atoms with Gasteiger partial charge in [0.25, 0.3) is 0 Å². The molecule has 1 aliphatic rings. The number of nitrogens with one attached hydrogen (secondary N) is 1. The van der Waals surface area contributed by atoms with Crippen molar-refractivity contribution < 1.29 is 9.84 Å². The molecule has 3 rings (SSSR count). The lowest BCUT2D eigenvalue weighted by Crippen LogP contribution is -2.22. The summed E-state index contributed by atoms with van der Waals surface area (Å²) in [5, 5.41) is 13.6. The highest BCUT2D eigenvalue weighted by molar-refractivity contribution is 5.44. The molecule has 0 bridgehead atoms. The van der Waals surface area contributed by atoms with E-state index in [1.807, 2.05) is 18.2 Å². The Kier molecular flexibility index (Phi) is 3.84. The largest absolute Gasteiger partial charge is 0.508 e. The molecular weight excluding hydrogens is 262 g/mol. The molecule has 0 aliphatic heterocycles. The molecule has 1 aliphatic carbocycles. The van der Waals surface area contributed by atoms with E-state index in [4.69, 9.17) is 4.74 Å². The second kappa shape index (κ2) is 5.78. The lowest BCUT2D eigenvalue weighted by Gasteiger charge is -2.21. The molecule has 0 heterocycles. The van der Waals surface area contributed by atoms with Crippen LogP contribution in [0.4, 0.5) is 0 Å². The van der Waals surface area contributed by atoms with E-state index < -0.39 is 0 Å². The van der Waals surface area contributed by atoms with Gasteiger partial charge in [-0.15, -0.1) is 0 Å². The summed E-state index contributed by atoms with van der Waals surface area (Å²) in [5.41, 5.74) is 3.57. The summed E-state index contributed by atoms with van der Waals surface area (Å²) in [6, 6.07) is 14.5. The van der Waals surface area contributed by atoms with Crippen LogP contribution in [0.25, 0.3) is 0 Å². The molecule has 3 heteroatoms. The zero-order chi connectivity index (χ0) is 14.8. The molecule has 2 atom stereocenters. The van der Waals surface area contributed by atoms with Gasteiger partial charge in [-0.25, -0.2) is 0 Å². The number of hydrogen-bond acceptors (Lipinski definition) is 3. The second-order valence-electron chi connectivity index (χ2n) is 5.60. The molecule has 21 heavy (non-hydrogen) atoms. The lowest BCUT2D eigenvalue weighted by atomic mass is 10.0. The minimum absolute atomic E-state index is 0.259. The highest BCUT2D eigenvalue weighted by atomic mass is 16.5. The first-order valence-corrected chi connectivity index (χ1v) is 7.40. The molecule has 2 N–H and O–H groups in total. The van der Waals surface area contributed by atoms with Crippen LogP contribution in [0.3, 0.4) is 0 Å². The van der Waals surface area contributed by atoms with Crippen LogP contribution in [0.2, 0.25) is 0 Å². The Morgan fingerprint density at radius 3 is 2.67 bits per heavy atom. The summed E-state index contributed by atoms with van der Waals surface area (Å²) in [6.07, 6.45) is 1.97. The zero-order valence-corrected chi connectivity index (χ0v) is 12.5. The van der Waals surface area contributed by atoms with Crippen molar-refractivity contribution in [2.45, 2.75) is 31.8 Å². The number of methoxy groups -OCH3 is 1. The molecule has 110 valence electrons. The number of aromatic hydroxyl groups is 1.